The number of carbonyl (C=O) groups excluding carboxylic acids is 1. The lowest BCUT2D eigenvalue weighted by Crippen LogP contribution is -2.44. The standard InChI is InChI=1S/C17H23NO2.C2H6/c1-6-11-20-16(19)18-17(4,5)15-10-8-7-9-14(12-15)13(2)3;1-2/h6,8-10,12H,1-2,7,11H2,3-5H3,(H,18,19);1-2H3. The molecule has 1 aliphatic carbocycles. The molecule has 122 valence electrons. The number of ether oxygens (including phenoxy) is 1. The predicted molar refractivity (Wildman–Crippen MR) is 94.8 cm³/mol. The van der Waals surface area contributed by atoms with Crippen molar-refractivity contribution in [1.29, 1.82) is 0 Å². The maximum Gasteiger partial charge on any atom is 0.408 e. The van der Waals surface area contributed by atoms with E-state index in [4.69, 9.17) is 4.74 Å². The minimum atomic E-state index is -0.520. The number of hydrogen-bond acceptors (Lipinski definition) is 2. The zero-order valence-corrected chi connectivity index (χ0v) is 14.5. The summed E-state index contributed by atoms with van der Waals surface area (Å²) in [4.78, 5) is 11.7. The third kappa shape index (κ3) is 6.61. The molecule has 0 spiro atoms. The van der Waals surface area contributed by atoms with Gasteiger partial charge in [-0.25, -0.2) is 4.79 Å². The van der Waals surface area contributed by atoms with E-state index in [1.165, 1.54) is 0 Å². The third-order valence-electron chi connectivity index (χ3n) is 3.04. The fourth-order valence-electron chi connectivity index (χ4n) is 1.85. The van der Waals surface area contributed by atoms with Crippen molar-refractivity contribution in [3.8, 4) is 0 Å². The maximum atomic E-state index is 11.7. The van der Waals surface area contributed by atoms with Gasteiger partial charge in [0.2, 0.25) is 0 Å². The molecule has 22 heavy (non-hydrogen) atoms. The van der Waals surface area contributed by atoms with Crippen molar-refractivity contribution < 1.29 is 9.53 Å². The molecule has 0 aromatic heterocycles. The Hall–Kier alpha value is -2.03. The smallest absolute Gasteiger partial charge is 0.408 e. The highest BCUT2D eigenvalue weighted by molar-refractivity contribution is 5.69. The van der Waals surface area contributed by atoms with Crippen LogP contribution in [-0.2, 0) is 4.74 Å². The van der Waals surface area contributed by atoms with Crippen molar-refractivity contribution in [2.45, 2.75) is 46.6 Å². The average Bonchev–Trinajstić information content (AvgIpc) is 2.73. The fraction of sp³-hybridized carbons (Fsp3) is 0.421. The van der Waals surface area contributed by atoms with Gasteiger partial charge < -0.3 is 10.1 Å². The summed E-state index contributed by atoms with van der Waals surface area (Å²) >= 11 is 0. The van der Waals surface area contributed by atoms with Gasteiger partial charge in [0, 0.05) is 0 Å². The highest BCUT2D eigenvalue weighted by Crippen LogP contribution is 2.24. The van der Waals surface area contributed by atoms with Crippen LogP contribution in [0.4, 0.5) is 4.79 Å². The molecular weight excluding hydrogens is 274 g/mol. The molecule has 1 amide bonds. The molecule has 1 N–H and O–H groups in total. The minimum absolute atomic E-state index is 0.202. The molecular formula is C19H29NO2. The molecule has 3 nitrogen and oxygen atoms in total. The Morgan fingerprint density at radius 2 is 2.09 bits per heavy atom. The van der Waals surface area contributed by atoms with Crippen molar-refractivity contribution in [1.82, 2.24) is 5.32 Å². The number of nitrogens with one attached hydrogen (secondary N) is 1. The van der Waals surface area contributed by atoms with Gasteiger partial charge in [-0.05, 0) is 44.4 Å². The molecule has 0 saturated heterocycles. The van der Waals surface area contributed by atoms with Gasteiger partial charge in [0.05, 0.1) is 5.54 Å². The van der Waals surface area contributed by atoms with Crippen molar-refractivity contribution in [2.24, 2.45) is 0 Å². The molecule has 0 aliphatic heterocycles. The van der Waals surface area contributed by atoms with Gasteiger partial charge in [0.1, 0.15) is 6.61 Å². The lowest BCUT2D eigenvalue weighted by Gasteiger charge is -2.27. The Balaban J connectivity index is 0.00000211. The lowest BCUT2D eigenvalue weighted by atomic mass is 9.91. The van der Waals surface area contributed by atoms with Gasteiger partial charge in [-0.15, -0.1) is 0 Å². The van der Waals surface area contributed by atoms with Gasteiger partial charge in [0.25, 0.3) is 0 Å². The van der Waals surface area contributed by atoms with Crippen molar-refractivity contribution in [3.05, 3.63) is 60.3 Å². The predicted octanol–water partition coefficient (Wildman–Crippen LogP) is 5.09. The first-order valence-corrected chi connectivity index (χ1v) is 7.67. The Morgan fingerprint density at radius 1 is 1.45 bits per heavy atom. The largest absolute Gasteiger partial charge is 0.445 e. The summed E-state index contributed by atoms with van der Waals surface area (Å²) in [6.07, 6.45) is 10.2. The molecule has 0 aromatic rings. The summed E-state index contributed by atoms with van der Waals surface area (Å²) in [5.74, 6) is 0. The molecule has 0 radical (unpaired) electrons. The van der Waals surface area contributed by atoms with Crippen LogP contribution >= 0.6 is 0 Å². The summed E-state index contributed by atoms with van der Waals surface area (Å²) in [5, 5.41) is 2.86. The van der Waals surface area contributed by atoms with Crippen LogP contribution in [0.15, 0.2) is 60.3 Å². The van der Waals surface area contributed by atoms with E-state index in [0.29, 0.717) is 0 Å². The Morgan fingerprint density at radius 3 is 2.64 bits per heavy atom. The molecule has 0 heterocycles. The normalized spacial score (nSPS) is 13.7. The molecule has 0 atom stereocenters. The van der Waals surface area contributed by atoms with Gasteiger partial charge in [0.15, 0.2) is 0 Å². The SMILES string of the molecule is C=CCOC(=O)NC(C)(C)C1=CC(C(=C)C)=CCC=C1.CC. The number of rotatable bonds is 5. The van der Waals surface area contributed by atoms with Crippen LogP contribution in [0.3, 0.4) is 0 Å². The van der Waals surface area contributed by atoms with E-state index >= 15 is 0 Å². The van der Waals surface area contributed by atoms with E-state index in [1.807, 2.05) is 40.7 Å². The van der Waals surface area contributed by atoms with Gasteiger partial charge in [-0.2, -0.15) is 0 Å². The Bertz CT molecular complexity index is 494. The summed E-state index contributed by atoms with van der Waals surface area (Å²) < 4.78 is 4.97. The average molecular weight is 303 g/mol. The first-order chi connectivity index (χ1) is 10.4. The molecule has 0 aromatic carbocycles. The van der Waals surface area contributed by atoms with E-state index < -0.39 is 11.6 Å². The summed E-state index contributed by atoms with van der Waals surface area (Å²) in [7, 11) is 0. The van der Waals surface area contributed by atoms with Crippen molar-refractivity contribution >= 4 is 6.09 Å². The second kappa shape index (κ2) is 9.82. The monoisotopic (exact) mass is 303 g/mol. The van der Waals surface area contributed by atoms with E-state index in [0.717, 1.165) is 23.1 Å². The second-order valence-corrected chi connectivity index (χ2v) is 5.31. The molecule has 3 heteroatoms. The fourth-order valence-corrected chi connectivity index (χ4v) is 1.85. The minimum Gasteiger partial charge on any atom is -0.445 e. The topological polar surface area (TPSA) is 38.3 Å². The highest BCUT2D eigenvalue weighted by Gasteiger charge is 2.25. The number of allylic oxidation sites excluding steroid dienone is 5. The van der Waals surface area contributed by atoms with Crippen LogP contribution in [0.25, 0.3) is 0 Å². The molecule has 0 unspecified atom stereocenters. The highest BCUT2D eigenvalue weighted by atomic mass is 16.5. The number of amides is 1. The van der Waals surface area contributed by atoms with Gasteiger partial charge in [-0.3, -0.25) is 0 Å². The summed E-state index contributed by atoms with van der Waals surface area (Å²) in [6.45, 7) is 17.6. The summed E-state index contributed by atoms with van der Waals surface area (Å²) in [6, 6.07) is 0. The molecule has 0 bridgehead atoms. The number of alkyl carbamates (subject to hydrolysis) is 1. The molecule has 1 aliphatic rings. The van der Waals surface area contributed by atoms with Crippen LogP contribution < -0.4 is 5.32 Å². The maximum absolute atomic E-state index is 11.7. The van der Waals surface area contributed by atoms with Gasteiger partial charge >= 0.3 is 6.09 Å². The van der Waals surface area contributed by atoms with Crippen LogP contribution in [0.5, 0.6) is 0 Å². The van der Waals surface area contributed by atoms with Crippen LogP contribution in [-0.4, -0.2) is 18.2 Å². The van der Waals surface area contributed by atoms with Crippen molar-refractivity contribution in [3.63, 3.8) is 0 Å². The molecule has 0 saturated carbocycles. The van der Waals surface area contributed by atoms with Crippen LogP contribution in [0.1, 0.15) is 41.0 Å². The van der Waals surface area contributed by atoms with E-state index in [2.05, 4.69) is 36.7 Å². The van der Waals surface area contributed by atoms with Gasteiger partial charge in [-0.1, -0.05) is 56.9 Å². The quantitative estimate of drug-likeness (QED) is 0.718. The van der Waals surface area contributed by atoms with E-state index in [1.54, 1.807) is 6.08 Å². The molecule has 1 rings (SSSR count). The first-order valence-electron chi connectivity index (χ1n) is 7.67. The second-order valence-electron chi connectivity index (χ2n) is 5.31. The van der Waals surface area contributed by atoms with Crippen molar-refractivity contribution in [2.75, 3.05) is 6.61 Å². The zero-order chi connectivity index (χ0) is 17.2. The van der Waals surface area contributed by atoms with Crippen LogP contribution in [0.2, 0.25) is 0 Å². The third-order valence-corrected chi connectivity index (χ3v) is 3.04. The summed E-state index contributed by atoms with van der Waals surface area (Å²) in [5.41, 5.74) is 2.60. The molecule has 0 fully saturated rings. The van der Waals surface area contributed by atoms with Crippen LogP contribution in [0, 0.1) is 0 Å². The van der Waals surface area contributed by atoms with E-state index in [9.17, 15) is 4.79 Å². The number of hydrogen-bond donors (Lipinski definition) is 1. The Labute approximate surface area is 135 Å². The number of carbonyl (C=O) groups is 1. The first kappa shape index (κ1) is 20.0. The van der Waals surface area contributed by atoms with E-state index in [-0.39, 0.29) is 6.61 Å². The lowest BCUT2D eigenvalue weighted by molar-refractivity contribution is 0.151. The zero-order valence-electron chi connectivity index (χ0n) is 14.5. The Kier molecular flexibility index (Phi) is 8.92.